The summed E-state index contributed by atoms with van der Waals surface area (Å²) in [6.07, 6.45) is 0.882. The predicted octanol–water partition coefficient (Wildman–Crippen LogP) is -0.900. The average Bonchev–Trinajstić information content (AvgIpc) is 2.31. The molecule has 1 fully saturated rings. The molecular weight excluding hydrogens is 236 g/mol. The van der Waals surface area contributed by atoms with E-state index < -0.39 is 11.2 Å². The van der Waals surface area contributed by atoms with Crippen LogP contribution in [0.4, 0.5) is 11.5 Å². The lowest BCUT2D eigenvalue weighted by atomic mass is 10.1. The number of hydrogen-bond acceptors (Lipinski definition) is 5. The van der Waals surface area contributed by atoms with Crippen LogP contribution in [0.15, 0.2) is 9.59 Å². The van der Waals surface area contributed by atoms with E-state index in [0.29, 0.717) is 38.2 Å². The maximum absolute atomic E-state index is 11.9. The fourth-order valence-electron chi connectivity index (χ4n) is 2.29. The number of rotatable bonds is 2. The maximum atomic E-state index is 11.9. The molecule has 0 spiro atoms. The second-order valence-corrected chi connectivity index (χ2v) is 4.46. The third kappa shape index (κ3) is 2.13. The highest BCUT2D eigenvalue weighted by atomic mass is 16.3. The Morgan fingerprint density at radius 3 is 2.56 bits per heavy atom. The normalized spacial score (nSPS) is 17.1. The van der Waals surface area contributed by atoms with E-state index in [1.807, 2.05) is 4.90 Å². The molecule has 0 bridgehead atoms. The van der Waals surface area contributed by atoms with Crippen LogP contribution in [0.1, 0.15) is 19.8 Å². The first-order chi connectivity index (χ1) is 8.54. The van der Waals surface area contributed by atoms with Crippen molar-refractivity contribution in [2.24, 2.45) is 0 Å². The van der Waals surface area contributed by atoms with E-state index in [0.717, 1.165) is 0 Å². The fraction of sp³-hybridized carbons (Fsp3) is 0.636. The maximum Gasteiger partial charge on any atom is 0.330 e. The molecule has 1 aliphatic rings. The number of aliphatic hydroxyl groups is 1. The molecule has 18 heavy (non-hydrogen) atoms. The van der Waals surface area contributed by atoms with Gasteiger partial charge >= 0.3 is 5.69 Å². The van der Waals surface area contributed by atoms with Crippen LogP contribution in [0.2, 0.25) is 0 Å². The van der Waals surface area contributed by atoms with Crippen molar-refractivity contribution in [2.45, 2.75) is 32.4 Å². The van der Waals surface area contributed by atoms with E-state index >= 15 is 0 Å². The molecule has 0 aromatic carbocycles. The zero-order chi connectivity index (χ0) is 13.3. The SMILES string of the molecule is CCn1c(N)c(N2CCC(O)CC2)c(=O)[nH]c1=O. The van der Waals surface area contributed by atoms with E-state index in [4.69, 9.17) is 5.73 Å². The van der Waals surface area contributed by atoms with Gasteiger partial charge in [0.1, 0.15) is 11.5 Å². The van der Waals surface area contributed by atoms with Crippen molar-refractivity contribution < 1.29 is 5.11 Å². The number of piperidine rings is 1. The molecule has 0 radical (unpaired) electrons. The molecule has 100 valence electrons. The summed E-state index contributed by atoms with van der Waals surface area (Å²) < 4.78 is 1.34. The highest BCUT2D eigenvalue weighted by Gasteiger charge is 2.23. The predicted molar refractivity (Wildman–Crippen MR) is 68.9 cm³/mol. The van der Waals surface area contributed by atoms with Crippen molar-refractivity contribution >= 4 is 11.5 Å². The zero-order valence-corrected chi connectivity index (χ0v) is 10.3. The summed E-state index contributed by atoms with van der Waals surface area (Å²) in [6, 6.07) is 0. The Kier molecular flexibility index (Phi) is 3.42. The molecular formula is C11H18N4O3. The molecule has 7 nitrogen and oxygen atoms in total. The number of H-pyrrole nitrogens is 1. The molecule has 7 heteroatoms. The van der Waals surface area contributed by atoms with E-state index in [1.165, 1.54) is 4.57 Å². The topological polar surface area (TPSA) is 104 Å². The van der Waals surface area contributed by atoms with Gasteiger partial charge in [0.15, 0.2) is 0 Å². The Hall–Kier alpha value is -1.76. The summed E-state index contributed by atoms with van der Waals surface area (Å²) in [5, 5.41) is 9.46. The lowest BCUT2D eigenvalue weighted by Gasteiger charge is -2.31. The second kappa shape index (κ2) is 4.85. The third-order valence-electron chi connectivity index (χ3n) is 3.31. The number of aliphatic hydroxyl groups excluding tert-OH is 1. The number of hydrogen-bond donors (Lipinski definition) is 3. The molecule has 0 amide bonds. The Morgan fingerprint density at radius 2 is 2.00 bits per heavy atom. The van der Waals surface area contributed by atoms with Gasteiger partial charge in [0.2, 0.25) is 0 Å². The summed E-state index contributed by atoms with van der Waals surface area (Å²) in [4.78, 5) is 27.5. The molecule has 1 aromatic rings. The number of nitrogens with zero attached hydrogens (tertiary/aromatic N) is 2. The van der Waals surface area contributed by atoms with Crippen molar-refractivity contribution in [1.82, 2.24) is 9.55 Å². The van der Waals surface area contributed by atoms with Gasteiger partial charge in [-0.3, -0.25) is 14.3 Å². The van der Waals surface area contributed by atoms with Crippen molar-refractivity contribution in [1.29, 1.82) is 0 Å². The highest BCUT2D eigenvalue weighted by molar-refractivity contribution is 5.62. The smallest absolute Gasteiger partial charge is 0.330 e. The minimum absolute atomic E-state index is 0.197. The number of anilines is 2. The lowest BCUT2D eigenvalue weighted by molar-refractivity contribution is 0.145. The van der Waals surface area contributed by atoms with Crippen molar-refractivity contribution in [3.8, 4) is 0 Å². The van der Waals surface area contributed by atoms with Gasteiger partial charge in [0, 0.05) is 19.6 Å². The highest BCUT2D eigenvalue weighted by Crippen LogP contribution is 2.21. The molecule has 1 aromatic heterocycles. The van der Waals surface area contributed by atoms with Gasteiger partial charge in [-0.15, -0.1) is 0 Å². The average molecular weight is 254 g/mol. The minimum atomic E-state index is -0.485. The van der Waals surface area contributed by atoms with Crippen LogP contribution in [-0.2, 0) is 6.54 Å². The van der Waals surface area contributed by atoms with Crippen molar-refractivity contribution in [3.05, 3.63) is 20.8 Å². The van der Waals surface area contributed by atoms with E-state index in [-0.39, 0.29) is 11.9 Å². The van der Waals surface area contributed by atoms with Gasteiger partial charge < -0.3 is 15.7 Å². The first-order valence-corrected chi connectivity index (χ1v) is 6.10. The van der Waals surface area contributed by atoms with E-state index in [9.17, 15) is 14.7 Å². The third-order valence-corrected chi connectivity index (χ3v) is 3.31. The summed E-state index contributed by atoms with van der Waals surface area (Å²) in [6.45, 7) is 3.33. The summed E-state index contributed by atoms with van der Waals surface area (Å²) in [5.41, 5.74) is 5.29. The summed E-state index contributed by atoms with van der Waals surface area (Å²) in [5.74, 6) is 0.197. The summed E-state index contributed by atoms with van der Waals surface area (Å²) in [7, 11) is 0. The Balaban J connectivity index is 2.45. The molecule has 2 rings (SSSR count). The van der Waals surface area contributed by atoms with Crippen LogP contribution in [-0.4, -0.2) is 33.9 Å². The number of nitrogen functional groups attached to an aromatic ring is 1. The van der Waals surface area contributed by atoms with Gasteiger partial charge in [0.25, 0.3) is 5.56 Å². The monoisotopic (exact) mass is 254 g/mol. The van der Waals surface area contributed by atoms with E-state index in [1.54, 1.807) is 6.92 Å². The number of aromatic nitrogens is 2. The first kappa shape index (κ1) is 12.7. The van der Waals surface area contributed by atoms with Gasteiger partial charge in [-0.25, -0.2) is 4.79 Å². The van der Waals surface area contributed by atoms with Crippen LogP contribution in [0.5, 0.6) is 0 Å². The Bertz CT molecular complexity index is 540. The van der Waals surface area contributed by atoms with Crippen molar-refractivity contribution in [3.63, 3.8) is 0 Å². The molecule has 4 N–H and O–H groups in total. The number of aromatic amines is 1. The zero-order valence-electron chi connectivity index (χ0n) is 10.3. The van der Waals surface area contributed by atoms with Crippen LogP contribution in [0.3, 0.4) is 0 Å². The first-order valence-electron chi connectivity index (χ1n) is 6.10. The van der Waals surface area contributed by atoms with Gasteiger partial charge in [-0.1, -0.05) is 0 Å². The fourth-order valence-corrected chi connectivity index (χ4v) is 2.29. The number of nitrogens with two attached hydrogens (primary N) is 1. The van der Waals surface area contributed by atoms with Gasteiger partial charge in [-0.2, -0.15) is 0 Å². The molecule has 1 aliphatic heterocycles. The van der Waals surface area contributed by atoms with Crippen LogP contribution < -0.4 is 21.9 Å². The van der Waals surface area contributed by atoms with Crippen LogP contribution >= 0.6 is 0 Å². The quantitative estimate of drug-likeness (QED) is 0.634. The van der Waals surface area contributed by atoms with Crippen LogP contribution in [0, 0.1) is 0 Å². The minimum Gasteiger partial charge on any atom is -0.393 e. The van der Waals surface area contributed by atoms with Gasteiger partial charge in [0.05, 0.1) is 6.10 Å². The number of nitrogens with one attached hydrogen (secondary N) is 1. The van der Waals surface area contributed by atoms with Crippen molar-refractivity contribution in [2.75, 3.05) is 23.7 Å². The molecule has 0 saturated carbocycles. The molecule has 0 unspecified atom stereocenters. The molecule has 1 saturated heterocycles. The second-order valence-electron chi connectivity index (χ2n) is 4.46. The molecule has 0 atom stereocenters. The molecule has 0 aliphatic carbocycles. The van der Waals surface area contributed by atoms with Gasteiger partial charge in [-0.05, 0) is 19.8 Å². The summed E-state index contributed by atoms with van der Waals surface area (Å²) >= 11 is 0. The Morgan fingerprint density at radius 1 is 1.39 bits per heavy atom. The van der Waals surface area contributed by atoms with Crippen LogP contribution in [0.25, 0.3) is 0 Å². The van der Waals surface area contributed by atoms with E-state index in [2.05, 4.69) is 4.98 Å². The molecule has 2 heterocycles. The largest absolute Gasteiger partial charge is 0.393 e. The standard InChI is InChI=1S/C11H18N4O3/c1-2-15-9(12)8(10(17)13-11(15)18)14-5-3-7(16)4-6-14/h7,16H,2-6,12H2,1H3,(H,13,17,18). The Labute approximate surface area is 104 Å². The lowest BCUT2D eigenvalue weighted by Crippen LogP contribution is -2.42.